The van der Waals surface area contributed by atoms with Crippen molar-refractivity contribution in [2.45, 2.75) is 39.7 Å². The van der Waals surface area contributed by atoms with Crippen molar-refractivity contribution >= 4 is 29.2 Å². The van der Waals surface area contributed by atoms with Crippen LogP contribution in [-0.2, 0) is 9.59 Å². The lowest BCUT2D eigenvalue weighted by atomic mass is 9.96. The van der Waals surface area contributed by atoms with Gasteiger partial charge in [-0.2, -0.15) is 0 Å². The molecule has 4 amide bonds. The SMILES string of the molecule is CC(C)(C)C(=O)NCC(=O)Nc1ccc(NC(=O)NC2CC2)cc1. The van der Waals surface area contributed by atoms with Gasteiger partial charge in [-0.3, -0.25) is 9.59 Å². The standard InChI is InChI=1S/C17H24N4O3/c1-17(2,3)15(23)18-10-14(22)19-11-4-6-12(7-5-11)20-16(24)21-13-8-9-13/h4-7,13H,8-10H2,1-3H3,(H,18,23)(H,19,22)(H2,20,21,24). The Hall–Kier alpha value is -2.57. The summed E-state index contributed by atoms with van der Waals surface area (Å²) in [7, 11) is 0. The third-order valence-corrected chi connectivity index (χ3v) is 3.43. The van der Waals surface area contributed by atoms with Crippen molar-refractivity contribution in [3.8, 4) is 0 Å². The molecule has 0 bridgehead atoms. The lowest BCUT2D eigenvalue weighted by Crippen LogP contribution is -2.39. The Morgan fingerprint density at radius 2 is 1.54 bits per heavy atom. The van der Waals surface area contributed by atoms with Crippen LogP contribution in [0.15, 0.2) is 24.3 Å². The van der Waals surface area contributed by atoms with Crippen LogP contribution < -0.4 is 21.3 Å². The van der Waals surface area contributed by atoms with Gasteiger partial charge >= 0.3 is 6.03 Å². The van der Waals surface area contributed by atoms with E-state index in [9.17, 15) is 14.4 Å². The summed E-state index contributed by atoms with van der Waals surface area (Å²) in [4.78, 5) is 35.2. The van der Waals surface area contributed by atoms with Crippen molar-refractivity contribution < 1.29 is 14.4 Å². The predicted molar refractivity (Wildman–Crippen MR) is 92.7 cm³/mol. The molecule has 2 rings (SSSR count). The molecule has 1 fully saturated rings. The van der Waals surface area contributed by atoms with E-state index in [-0.39, 0.29) is 24.4 Å². The molecule has 0 unspecified atom stereocenters. The first kappa shape index (κ1) is 17.8. The van der Waals surface area contributed by atoms with E-state index in [1.807, 2.05) is 0 Å². The summed E-state index contributed by atoms with van der Waals surface area (Å²) in [6.07, 6.45) is 2.06. The minimum Gasteiger partial charge on any atom is -0.347 e. The minimum absolute atomic E-state index is 0.0834. The highest BCUT2D eigenvalue weighted by atomic mass is 16.2. The molecule has 0 atom stereocenters. The first-order valence-electron chi connectivity index (χ1n) is 8.00. The van der Waals surface area contributed by atoms with Gasteiger partial charge in [0.05, 0.1) is 6.54 Å². The summed E-state index contributed by atoms with van der Waals surface area (Å²) in [6.45, 7) is 5.27. The molecule has 0 aliphatic heterocycles. The molecular weight excluding hydrogens is 308 g/mol. The van der Waals surface area contributed by atoms with Crippen molar-refractivity contribution in [1.29, 1.82) is 0 Å². The van der Waals surface area contributed by atoms with Gasteiger partial charge in [-0.05, 0) is 37.1 Å². The number of carbonyl (C=O) groups excluding carboxylic acids is 3. The van der Waals surface area contributed by atoms with Gasteiger partial charge < -0.3 is 21.3 Å². The van der Waals surface area contributed by atoms with Gasteiger partial charge in [0.15, 0.2) is 0 Å². The lowest BCUT2D eigenvalue weighted by Gasteiger charge is -2.17. The molecule has 4 N–H and O–H groups in total. The quantitative estimate of drug-likeness (QED) is 0.664. The maximum absolute atomic E-state index is 11.8. The van der Waals surface area contributed by atoms with Crippen LogP contribution in [0.3, 0.4) is 0 Å². The zero-order valence-electron chi connectivity index (χ0n) is 14.2. The summed E-state index contributed by atoms with van der Waals surface area (Å²) < 4.78 is 0. The molecule has 7 nitrogen and oxygen atoms in total. The zero-order chi connectivity index (χ0) is 17.7. The molecule has 1 aliphatic carbocycles. The molecule has 0 saturated heterocycles. The molecular formula is C17H24N4O3. The van der Waals surface area contributed by atoms with Crippen molar-refractivity contribution in [2.75, 3.05) is 17.2 Å². The molecule has 7 heteroatoms. The first-order valence-corrected chi connectivity index (χ1v) is 8.00. The Labute approximate surface area is 141 Å². The van der Waals surface area contributed by atoms with E-state index in [0.717, 1.165) is 12.8 Å². The summed E-state index contributed by atoms with van der Waals surface area (Å²) in [5.74, 6) is -0.487. The predicted octanol–water partition coefficient (Wildman–Crippen LogP) is 2.07. The molecule has 0 aromatic heterocycles. The van der Waals surface area contributed by atoms with E-state index in [1.54, 1.807) is 45.0 Å². The second-order valence-electron chi connectivity index (χ2n) is 6.93. The van der Waals surface area contributed by atoms with Gasteiger partial charge in [0, 0.05) is 22.8 Å². The normalized spacial score (nSPS) is 13.8. The molecule has 1 aliphatic rings. The van der Waals surface area contributed by atoms with Crippen LogP contribution in [0.2, 0.25) is 0 Å². The number of carbonyl (C=O) groups is 3. The van der Waals surface area contributed by atoms with Crippen molar-refractivity contribution in [3.05, 3.63) is 24.3 Å². The Morgan fingerprint density at radius 1 is 1.00 bits per heavy atom. The number of amides is 4. The van der Waals surface area contributed by atoms with E-state index in [0.29, 0.717) is 17.4 Å². The fraction of sp³-hybridized carbons (Fsp3) is 0.471. The van der Waals surface area contributed by atoms with Crippen LogP contribution in [0.25, 0.3) is 0 Å². The highest BCUT2D eigenvalue weighted by Crippen LogP contribution is 2.19. The molecule has 130 valence electrons. The second kappa shape index (κ2) is 7.33. The summed E-state index contributed by atoms with van der Waals surface area (Å²) in [5.41, 5.74) is 0.708. The fourth-order valence-corrected chi connectivity index (χ4v) is 1.85. The van der Waals surface area contributed by atoms with Gasteiger partial charge in [-0.15, -0.1) is 0 Å². The minimum atomic E-state index is -0.533. The largest absolute Gasteiger partial charge is 0.347 e. The van der Waals surface area contributed by atoms with Gasteiger partial charge in [0.25, 0.3) is 0 Å². The number of benzene rings is 1. The highest BCUT2D eigenvalue weighted by molar-refractivity contribution is 5.95. The van der Waals surface area contributed by atoms with Crippen LogP contribution in [0.1, 0.15) is 33.6 Å². The van der Waals surface area contributed by atoms with E-state index < -0.39 is 5.41 Å². The molecule has 1 saturated carbocycles. The van der Waals surface area contributed by atoms with E-state index >= 15 is 0 Å². The Balaban J connectivity index is 1.77. The van der Waals surface area contributed by atoms with Crippen molar-refractivity contribution in [2.24, 2.45) is 5.41 Å². The number of hydrogen-bond donors (Lipinski definition) is 4. The Bertz CT molecular complexity index is 616. The van der Waals surface area contributed by atoms with Crippen LogP contribution in [0.4, 0.5) is 16.2 Å². The topological polar surface area (TPSA) is 99.3 Å². The van der Waals surface area contributed by atoms with Crippen LogP contribution in [0.5, 0.6) is 0 Å². The van der Waals surface area contributed by atoms with Crippen molar-refractivity contribution in [1.82, 2.24) is 10.6 Å². The summed E-state index contributed by atoms with van der Waals surface area (Å²) >= 11 is 0. The maximum Gasteiger partial charge on any atom is 0.319 e. The average Bonchev–Trinajstić information content (AvgIpc) is 3.29. The molecule has 24 heavy (non-hydrogen) atoms. The van der Waals surface area contributed by atoms with E-state index in [1.165, 1.54) is 0 Å². The number of hydrogen-bond acceptors (Lipinski definition) is 3. The molecule has 1 aromatic carbocycles. The van der Waals surface area contributed by atoms with Gasteiger partial charge in [0.1, 0.15) is 0 Å². The van der Waals surface area contributed by atoms with Gasteiger partial charge in [-0.1, -0.05) is 20.8 Å². The smallest absolute Gasteiger partial charge is 0.319 e. The van der Waals surface area contributed by atoms with Crippen LogP contribution in [-0.4, -0.2) is 30.4 Å². The summed E-state index contributed by atoms with van der Waals surface area (Å²) in [5, 5.41) is 10.8. The number of rotatable bonds is 5. The first-order chi connectivity index (χ1) is 11.2. The van der Waals surface area contributed by atoms with Crippen LogP contribution in [0, 0.1) is 5.41 Å². The molecule has 0 spiro atoms. The Kier molecular flexibility index (Phi) is 5.43. The third kappa shape index (κ3) is 5.91. The van der Waals surface area contributed by atoms with Crippen molar-refractivity contribution in [3.63, 3.8) is 0 Å². The highest BCUT2D eigenvalue weighted by Gasteiger charge is 2.23. The fourth-order valence-electron chi connectivity index (χ4n) is 1.85. The van der Waals surface area contributed by atoms with Crippen LogP contribution >= 0.6 is 0 Å². The monoisotopic (exact) mass is 332 g/mol. The number of nitrogens with one attached hydrogen (secondary N) is 4. The van der Waals surface area contributed by atoms with E-state index in [2.05, 4.69) is 21.3 Å². The molecule has 1 aromatic rings. The second-order valence-corrected chi connectivity index (χ2v) is 6.93. The zero-order valence-corrected chi connectivity index (χ0v) is 14.2. The van der Waals surface area contributed by atoms with Gasteiger partial charge in [0.2, 0.25) is 11.8 Å². The van der Waals surface area contributed by atoms with Gasteiger partial charge in [-0.25, -0.2) is 4.79 Å². The molecule has 0 heterocycles. The number of anilines is 2. The van der Waals surface area contributed by atoms with E-state index in [4.69, 9.17) is 0 Å². The average molecular weight is 332 g/mol. The number of urea groups is 1. The summed E-state index contributed by atoms with van der Waals surface area (Å²) in [6, 6.07) is 6.86. The Morgan fingerprint density at radius 3 is 2.04 bits per heavy atom. The third-order valence-electron chi connectivity index (χ3n) is 3.43. The maximum atomic E-state index is 11.8. The molecule has 0 radical (unpaired) electrons. The lowest BCUT2D eigenvalue weighted by molar-refractivity contribution is -0.130.